The van der Waals surface area contributed by atoms with Crippen LogP contribution in [0.15, 0.2) is 27.5 Å². The number of anilines is 1. The molecule has 0 fully saturated rings. The van der Waals surface area contributed by atoms with E-state index >= 15 is 0 Å². The van der Waals surface area contributed by atoms with Gasteiger partial charge in [0, 0.05) is 6.07 Å². The molecule has 1 aromatic carbocycles. The molecular formula is C7H5F5N2OS. The highest BCUT2D eigenvalue weighted by Crippen LogP contribution is 3.02. The first kappa shape index (κ1) is 11.0. The van der Waals surface area contributed by atoms with E-state index in [1.807, 2.05) is 0 Å². The third-order valence-electron chi connectivity index (χ3n) is 1.82. The quantitative estimate of drug-likeness (QED) is 0.786. The normalized spacial score (nSPS) is 17.1. The van der Waals surface area contributed by atoms with Gasteiger partial charge in [-0.1, -0.05) is 19.4 Å². The number of hydrogen-bond acceptors (Lipinski definition) is 3. The van der Waals surface area contributed by atoms with E-state index in [-0.39, 0.29) is 23.7 Å². The van der Waals surface area contributed by atoms with Crippen LogP contribution in [0.1, 0.15) is 0 Å². The molecule has 90 valence electrons. The summed E-state index contributed by atoms with van der Waals surface area (Å²) in [6.45, 7) is 0. The predicted octanol–water partition coefficient (Wildman–Crippen LogP) is 4.07. The number of halogens is 5. The first-order valence-electron chi connectivity index (χ1n) is 3.86. The van der Waals surface area contributed by atoms with Gasteiger partial charge in [0.25, 0.3) is 6.01 Å². The Labute approximate surface area is 85.8 Å². The van der Waals surface area contributed by atoms with E-state index in [1.165, 1.54) is 0 Å². The first-order chi connectivity index (χ1) is 6.95. The number of hydrogen-bond donors (Lipinski definition) is 1. The Morgan fingerprint density at radius 1 is 1.12 bits per heavy atom. The van der Waals surface area contributed by atoms with Gasteiger partial charge in [-0.05, 0) is 12.1 Å². The molecular weight excluding hydrogens is 255 g/mol. The van der Waals surface area contributed by atoms with E-state index in [1.54, 1.807) is 0 Å². The molecule has 9 heteroatoms. The van der Waals surface area contributed by atoms with E-state index < -0.39 is 20.7 Å². The van der Waals surface area contributed by atoms with E-state index in [0.717, 1.165) is 6.07 Å². The molecule has 0 saturated carbocycles. The maximum Gasteiger partial charge on any atom is 0.310 e. The van der Waals surface area contributed by atoms with Gasteiger partial charge in [0.2, 0.25) is 0 Å². The van der Waals surface area contributed by atoms with Crippen molar-refractivity contribution in [3.05, 3.63) is 18.2 Å². The molecule has 0 atom stereocenters. The zero-order valence-electron chi connectivity index (χ0n) is 7.46. The molecule has 0 aliphatic heterocycles. The van der Waals surface area contributed by atoms with Crippen LogP contribution in [0, 0.1) is 0 Å². The van der Waals surface area contributed by atoms with Crippen molar-refractivity contribution in [2.75, 3.05) is 5.73 Å². The van der Waals surface area contributed by atoms with E-state index in [4.69, 9.17) is 5.73 Å². The van der Waals surface area contributed by atoms with Crippen molar-refractivity contribution in [3.8, 4) is 0 Å². The zero-order valence-corrected chi connectivity index (χ0v) is 8.28. The number of nitrogens with two attached hydrogens (primary N) is 1. The lowest BCUT2D eigenvalue weighted by Gasteiger charge is -2.40. The lowest BCUT2D eigenvalue weighted by Crippen LogP contribution is -2.05. The number of fused-ring (bicyclic) bond motifs is 1. The molecule has 0 spiro atoms. The van der Waals surface area contributed by atoms with Crippen LogP contribution < -0.4 is 5.73 Å². The second kappa shape index (κ2) is 2.26. The molecule has 2 aromatic rings. The summed E-state index contributed by atoms with van der Waals surface area (Å²) in [5, 5.41) is 0. The van der Waals surface area contributed by atoms with E-state index in [9.17, 15) is 19.4 Å². The van der Waals surface area contributed by atoms with Crippen LogP contribution in [0.3, 0.4) is 0 Å². The zero-order chi connectivity index (χ0) is 12.3. The van der Waals surface area contributed by atoms with Crippen molar-refractivity contribution in [2.24, 2.45) is 0 Å². The number of nitrogens with zero attached hydrogens (tertiary/aromatic N) is 1. The highest BCUT2D eigenvalue weighted by molar-refractivity contribution is 8.45. The smallest absolute Gasteiger partial charge is 0.310 e. The van der Waals surface area contributed by atoms with Gasteiger partial charge >= 0.3 is 10.2 Å². The van der Waals surface area contributed by atoms with Crippen LogP contribution in [0.25, 0.3) is 11.1 Å². The van der Waals surface area contributed by atoms with Gasteiger partial charge in [-0.2, -0.15) is 4.98 Å². The Hall–Kier alpha value is -1.51. The molecule has 0 bridgehead atoms. The highest BCUT2D eigenvalue weighted by atomic mass is 32.5. The standard InChI is InChI=1S/C7H5F5N2OS/c8-16(9,10,11,12)4-1-2-5-6(3-4)15-7(13)14-5/h1-3H,(H2,13,14). The summed E-state index contributed by atoms with van der Waals surface area (Å²) in [6.07, 6.45) is 0. The van der Waals surface area contributed by atoms with Crippen molar-refractivity contribution < 1.29 is 23.8 Å². The first-order valence-corrected chi connectivity index (χ1v) is 5.81. The third-order valence-corrected chi connectivity index (χ3v) is 2.97. The maximum atomic E-state index is 12.4. The van der Waals surface area contributed by atoms with E-state index in [0.29, 0.717) is 0 Å². The summed E-state index contributed by atoms with van der Waals surface area (Å²) in [7, 11) is -9.67. The molecule has 2 N–H and O–H groups in total. The number of benzene rings is 1. The van der Waals surface area contributed by atoms with Crippen LogP contribution in [0.5, 0.6) is 0 Å². The minimum absolute atomic E-state index is 0.0110. The van der Waals surface area contributed by atoms with E-state index in [2.05, 4.69) is 9.40 Å². The maximum absolute atomic E-state index is 12.4. The molecule has 0 unspecified atom stereocenters. The average molecular weight is 260 g/mol. The number of nitrogen functional groups attached to an aromatic ring is 1. The lowest BCUT2D eigenvalue weighted by molar-refractivity contribution is 0.364. The molecule has 2 rings (SSSR count). The van der Waals surface area contributed by atoms with Gasteiger partial charge in [0.15, 0.2) is 5.58 Å². The van der Waals surface area contributed by atoms with Crippen LogP contribution in [-0.4, -0.2) is 4.98 Å². The Balaban J connectivity index is 2.74. The molecule has 16 heavy (non-hydrogen) atoms. The Bertz CT molecular complexity index is 575. The second-order valence-corrected chi connectivity index (χ2v) is 5.56. The topological polar surface area (TPSA) is 52.0 Å². The molecule has 0 aliphatic carbocycles. The van der Waals surface area contributed by atoms with Gasteiger partial charge < -0.3 is 10.2 Å². The minimum Gasteiger partial charge on any atom is -0.424 e. The lowest BCUT2D eigenvalue weighted by atomic mass is 10.3. The highest BCUT2D eigenvalue weighted by Gasteiger charge is 2.65. The number of oxazole rings is 1. The molecule has 0 radical (unpaired) electrons. The Morgan fingerprint density at radius 3 is 2.31 bits per heavy atom. The fraction of sp³-hybridized carbons (Fsp3) is 0. The van der Waals surface area contributed by atoms with Gasteiger partial charge in [-0.3, -0.25) is 0 Å². The summed E-state index contributed by atoms with van der Waals surface area (Å²) in [5.74, 6) is 0. The second-order valence-electron chi connectivity index (χ2n) is 3.15. The van der Waals surface area contributed by atoms with Gasteiger partial charge in [0.05, 0.1) is 0 Å². The Morgan fingerprint density at radius 2 is 1.75 bits per heavy atom. The summed E-state index contributed by atoms with van der Waals surface area (Å²) in [6, 6.07) is 0.850. The molecule has 0 amide bonds. The monoisotopic (exact) mass is 260 g/mol. The molecule has 3 nitrogen and oxygen atoms in total. The molecule has 1 heterocycles. The van der Waals surface area contributed by atoms with Crippen LogP contribution >= 0.6 is 10.2 Å². The van der Waals surface area contributed by atoms with Crippen molar-refractivity contribution >= 4 is 27.3 Å². The Kier molecular flexibility index (Phi) is 1.55. The van der Waals surface area contributed by atoms with Gasteiger partial charge in [-0.25, -0.2) is 0 Å². The van der Waals surface area contributed by atoms with Crippen LogP contribution in [-0.2, 0) is 0 Å². The van der Waals surface area contributed by atoms with Crippen molar-refractivity contribution in [1.82, 2.24) is 4.98 Å². The molecule has 0 saturated heterocycles. The van der Waals surface area contributed by atoms with Crippen molar-refractivity contribution in [3.63, 3.8) is 0 Å². The SMILES string of the molecule is Nc1nc2ccc(S(F)(F)(F)(F)F)cc2o1. The third kappa shape index (κ3) is 1.90. The van der Waals surface area contributed by atoms with Crippen LogP contribution in [0.4, 0.5) is 25.4 Å². The number of rotatable bonds is 1. The largest absolute Gasteiger partial charge is 0.424 e. The van der Waals surface area contributed by atoms with Crippen LogP contribution in [0.2, 0.25) is 0 Å². The fourth-order valence-electron chi connectivity index (χ4n) is 1.16. The molecule has 1 aromatic heterocycles. The summed E-state index contributed by atoms with van der Waals surface area (Å²) < 4.78 is 66.5. The number of aromatic nitrogens is 1. The fourth-order valence-corrected chi connectivity index (χ4v) is 1.82. The minimum atomic E-state index is -9.67. The average Bonchev–Trinajstić information content (AvgIpc) is 2.38. The predicted molar refractivity (Wildman–Crippen MR) is 49.8 cm³/mol. The van der Waals surface area contributed by atoms with Crippen molar-refractivity contribution in [2.45, 2.75) is 4.90 Å². The summed E-state index contributed by atoms with van der Waals surface area (Å²) in [5.41, 5.74) is 4.64. The molecule has 0 aliphatic rings. The summed E-state index contributed by atoms with van der Waals surface area (Å²) >= 11 is 0. The van der Waals surface area contributed by atoms with Gasteiger partial charge in [-0.15, -0.1) is 0 Å². The summed E-state index contributed by atoms with van der Waals surface area (Å²) in [4.78, 5) is 1.47. The van der Waals surface area contributed by atoms with Crippen molar-refractivity contribution in [1.29, 1.82) is 0 Å². The van der Waals surface area contributed by atoms with Gasteiger partial charge in [0.1, 0.15) is 10.4 Å².